The van der Waals surface area contributed by atoms with Crippen molar-refractivity contribution < 1.29 is 4.39 Å². The summed E-state index contributed by atoms with van der Waals surface area (Å²) >= 11 is 12.2. The van der Waals surface area contributed by atoms with Gasteiger partial charge in [0.05, 0.1) is 16.1 Å². The van der Waals surface area contributed by atoms with E-state index in [4.69, 9.17) is 23.2 Å². The monoisotopic (exact) mass is 297 g/mol. The van der Waals surface area contributed by atoms with Crippen LogP contribution in [0, 0.1) is 12.7 Å². The average molecular weight is 298 g/mol. The van der Waals surface area contributed by atoms with Crippen LogP contribution in [-0.2, 0) is 0 Å². The first-order valence-electron chi connectivity index (χ1n) is 5.92. The molecule has 1 unspecified atom stereocenters. The minimum absolute atomic E-state index is 0.254. The minimum atomic E-state index is -0.327. The van der Waals surface area contributed by atoms with Crippen LogP contribution in [0.25, 0.3) is 0 Å². The van der Waals surface area contributed by atoms with Gasteiger partial charge in [-0.05, 0) is 37.2 Å². The molecule has 2 aromatic carbocycles. The topological polar surface area (TPSA) is 12.0 Å². The Morgan fingerprint density at radius 2 is 1.84 bits per heavy atom. The number of hydrogen-bond donors (Lipinski definition) is 1. The lowest BCUT2D eigenvalue weighted by molar-refractivity contribution is 0.575. The van der Waals surface area contributed by atoms with Crippen LogP contribution in [0.5, 0.6) is 0 Å². The van der Waals surface area contributed by atoms with Crippen LogP contribution in [0.4, 0.5) is 4.39 Å². The van der Waals surface area contributed by atoms with Crippen LogP contribution in [0.3, 0.4) is 0 Å². The highest BCUT2D eigenvalue weighted by atomic mass is 35.5. The van der Waals surface area contributed by atoms with Gasteiger partial charge in [-0.15, -0.1) is 0 Å². The van der Waals surface area contributed by atoms with Crippen molar-refractivity contribution in [2.75, 3.05) is 7.05 Å². The van der Waals surface area contributed by atoms with E-state index in [2.05, 4.69) is 5.32 Å². The summed E-state index contributed by atoms with van der Waals surface area (Å²) in [6, 6.07) is 10.2. The second kappa shape index (κ2) is 5.91. The smallest absolute Gasteiger partial charge is 0.128 e. The van der Waals surface area contributed by atoms with Crippen LogP contribution in [0.1, 0.15) is 22.7 Å². The fourth-order valence-corrected chi connectivity index (χ4v) is 2.51. The van der Waals surface area contributed by atoms with Crippen LogP contribution in [0.15, 0.2) is 36.4 Å². The van der Waals surface area contributed by atoms with E-state index in [0.717, 1.165) is 11.1 Å². The highest BCUT2D eigenvalue weighted by molar-refractivity contribution is 6.42. The van der Waals surface area contributed by atoms with Crippen molar-refractivity contribution in [1.29, 1.82) is 0 Å². The fourth-order valence-electron chi connectivity index (χ4n) is 2.09. The van der Waals surface area contributed by atoms with Crippen molar-refractivity contribution in [2.45, 2.75) is 13.0 Å². The van der Waals surface area contributed by atoms with E-state index >= 15 is 0 Å². The Balaban J connectivity index is 2.53. The third kappa shape index (κ3) is 2.92. The zero-order valence-corrected chi connectivity index (χ0v) is 12.2. The molecule has 0 radical (unpaired) electrons. The highest BCUT2D eigenvalue weighted by Gasteiger charge is 2.19. The number of rotatable bonds is 3. The van der Waals surface area contributed by atoms with Crippen LogP contribution >= 0.6 is 23.2 Å². The molecule has 4 heteroatoms. The molecule has 0 aromatic heterocycles. The predicted molar refractivity (Wildman–Crippen MR) is 78.5 cm³/mol. The largest absolute Gasteiger partial charge is 0.309 e. The summed E-state index contributed by atoms with van der Waals surface area (Å²) in [6.45, 7) is 1.85. The van der Waals surface area contributed by atoms with Crippen molar-refractivity contribution in [2.24, 2.45) is 0 Å². The lowest BCUT2D eigenvalue weighted by atomic mass is 9.97. The summed E-state index contributed by atoms with van der Waals surface area (Å²) in [4.78, 5) is 0. The zero-order valence-electron chi connectivity index (χ0n) is 10.7. The molecule has 0 saturated heterocycles. The van der Waals surface area contributed by atoms with Gasteiger partial charge in [-0.3, -0.25) is 0 Å². The summed E-state index contributed by atoms with van der Waals surface area (Å²) in [7, 11) is 1.77. The van der Waals surface area contributed by atoms with Crippen LogP contribution in [0.2, 0.25) is 10.0 Å². The van der Waals surface area contributed by atoms with E-state index in [1.165, 1.54) is 6.07 Å². The van der Waals surface area contributed by atoms with Gasteiger partial charge < -0.3 is 5.32 Å². The Hall–Kier alpha value is -1.09. The van der Waals surface area contributed by atoms with E-state index in [0.29, 0.717) is 15.6 Å². The van der Waals surface area contributed by atoms with Gasteiger partial charge in [0.15, 0.2) is 0 Å². The summed E-state index contributed by atoms with van der Waals surface area (Å²) in [5, 5.41) is 3.99. The highest BCUT2D eigenvalue weighted by Crippen LogP contribution is 2.33. The number of hydrogen-bond acceptors (Lipinski definition) is 1. The molecule has 100 valence electrons. The molecule has 0 heterocycles. The van der Waals surface area contributed by atoms with Crippen molar-refractivity contribution in [3.05, 3.63) is 69.0 Å². The van der Waals surface area contributed by atoms with Gasteiger partial charge in [-0.1, -0.05) is 47.5 Å². The minimum Gasteiger partial charge on any atom is -0.309 e. The number of halogens is 3. The molecule has 0 aliphatic rings. The average Bonchev–Trinajstić information content (AvgIpc) is 2.37. The molecule has 0 spiro atoms. The van der Waals surface area contributed by atoms with Crippen molar-refractivity contribution in [3.8, 4) is 0 Å². The van der Waals surface area contributed by atoms with Crippen LogP contribution in [-0.4, -0.2) is 7.05 Å². The molecular formula is C15H14Cl2FN. The summed E-state index contributed by atoms with van der Waals surface area (Å²) in [5.41, 5.74) is 2.20. The molecule has 0 amide bonds. The Bertz CT molecular complexity index is 599. The van der Waals surface area contributed by atoms with Crippen LogP contribution < -0.4 is 5.32 Å². The first kappa shape index (κ1) is 14.3. The van der Waals surface area contributed by atoms with E-state index < -0.39 is 0 Å². The van der Waals surface area contributed by atoms with Gasteiger partial charge in [-0.25, -0.2) is 4.39 Å². The molecule has 0 saturated carbocycles. The molecule has 0 bridgehead atoms. The van der Waals surface area contributed by atoms with Crippen molar-refractivity contribution in [3.63, 3.8) is 0 Å². The lowest BCUT2D eigenvalue weighted by Gasteiger charge is -2.20. The zero-order chi connectivity index (χ0) is 14.0. The normalized spacial score (nSPS) is 12.5. The predicted octanol–water partition coefficient (Wildman–Crippen LogP) is 4.75. The van der Waals surface area contributed by atoms with Gasteiger partial charge in [0.1, 0.15) is 5.82 Å². The number of aryl methyl sites for hydroxylation is 1. The maximum atomic E-state index is 14.1. The molecule has 0 aliphatic heterocycles. The maximum Gasteiger partial charge on any atom is 0.128 e. The molecule has 1 nitrogen and oxygen atoms in total. The lowest BCUT2D eigenvalue weighted by Crippen LogP contribution is -2.19. The Morgan fingerprint density at radius 1 is 1.11 bits per heavy atom. The van der Waals surface area contributed by atoms with Gasteiger partial charge in [0.2, 0.25) is 0 Å². The third-order valence-corrected chi connectivity index (χ3v) is 3.88. The summed E-state index contributed by atoms with van der Waals surface area (Å²) in [6.07, 6.45) is 0. The molecule has 2 aromatic rings. The number of benzene rings is 2. The molecule has 2 rings (SSSR count). The molecule has 0 aliphatic carbocycles. The third-order valence-electron chi connectivity index (χ3n) is 3.05. The Morgan fingerprint density at radius 3 is 2.47 bits per heavy atom. The first-order valence-corrected chi connectivity index (χ1v) is 6.67. The van der Waals surface area contributed by atoms with Gasteiger partial charge in [-0.2, -0.15) is 0 Å². The molecule has 1 atom stereocenters. The molecule has 0 fully saturated rings. The second-order valence-electron chi connectivity index (χ2n) is 4.39. The fraction of sp³-hybridized carbons (Fsp3) is 0.200. The maximum absolute atomic E-state index is 14.1. The number of nitrogens with one attached hydrogen (secondary N) is 1. The molecule has 19 heavy (non-hydrogen) atoms. The summed E-state index contributed by atoms with van der Waals surface area (Å²) in [5.74, 6) is -0.254. The Kier molecular flexibility index (Phi) is 4.46. The van der Waals surface area contributed by atoms with Crippen molar-refractivity contribution >= 4 is 23.2 Å². The van der Waals surface area contributed by atoms with E-state index in [9.17, 15) is 4.39 Å². The summed E-state index contributed by atoms with van der Waals surface area (Å²) < 4.78 is 14.1. The Labute approximate surface area is 122 Å². The van der Waals surface area contributed by atoms with Crippen molar-refractivity contribution in [1.82, 2.24) is 5.32 Å². The first-order chi connectivity index (χ1) is 9.04. The molecule has 1 N–H and O–H groups in total. The van der Waals surface area contributed by atoms with Gasteiger partial charge in [0.25, 0.3) is 0 Å². The SMILES string of the molecule is CNC(c1ccc(C)cc1F)c1cccc(Cl)c1Cl. The van der Waals surface area contributed by atoms with E-state index in [-0.39, 0.29) is 11.9 Å². The van der Waals surface area contributed by atoms with Gasteiger partial charge >= 0.3 is 0 Å². The molecular weight excluding hydrogens is 284 g/mol. The quantitative estimate of drug-likeness (QED) is 0.862. The van der Waals surface area contributed by atoms with E-state index in [1.54, 1.807) is 25.2 Å². The second-order valence-corrected chi connectivity index (χ2v) is 5.17. The van der Waals surface area contributed by atoms with E-state index in [1.807, 2.05) is 19.1 Å². The standard InChI is InChI=1S/C15H14Cl2FN/c1-9-6-7-10(13(18)8-9)15(19-2)11-4-3-5-12(16)14(11)17/h3-8,15,19H,1-2H3. The van der Waals surface area contributed by atoms with Gasteiger partial charge in [0, 0.05) is 5.56 Å².